The lowest BCUT2D eigenvalue weighted by Crippen LogP contribution is -2.04. The molecule has 4 aromatic rings. The van der Waals surface area contributed by atoms with E-state index in [0.29, 0.717) is 5.92 Å². The zero-order valence-electron chi connectivity index (χ0n) is 18.5. The Bertz CT molecular complexity index is 1230. The molecule has 30 heavy (non-hydrogen) atoms. The molecule has 0 saturated heterocycles. The first-order valence-corrected chi connectivity index (χ1v) is 11.3. The van der Waals surface area contributed by atoms with Gasteiger partial charge < -0.3 is 0 Å². The van der Waals surface area contributed by atoms with Gasteiger partial charge in [0.05, 0.1) is 11.2 Å². The number of hydrogen-bond acceptors (Lipinski definition) is 2. The van der Waals surface area contributed by atoms with Crippen LogP contribution in [0.4, 0.5) is 0 Å². The van der Waals surface area contributed by atoms with E-state index in [-0.39, 0.29) is 5.92 Å². The smallest absolute Gasteiger partial charge is 0.132 e. The van der Waals surface area contributed by atoms with Crippen molar-refractivity contribution in [1.29, 1.82) is 0 Å². The van der Waals surface area contributed by atoms with Crippen LogP contribution in [0, 0.1) is 13.8 Å². The van der Waals surface area contributed by atoms with Gasteiger partial charge in [-0.1, -0.05) is 69.2 Å². The van der Waals surface area contributed by atoms with Crippen LogP contribution < -0.4 is 0 Å². The highest BCUT2D eigenvalue weighted by molar-refractivity contribution is 6.11. The van der Waals surface area contributed by atoms with Crippen molar-refractivity contribution in [3.05, 3.63) is 71.0 Å². The molecule has 1 heterocycles. The number of aryl methyl sites for hydroxylation is 2. The van der Waals surface area contributed by atoms with E-state index in [4.69, 9.17) is 9.97 Å². The maximum Gasteiger partial charge on any atom is 0.132 e. The monoisotopic (exact) mass is 394 g/mol. The second-order valence-electron chi connectivity index (χ2n) is 9.22. The highest BCUT2D eigenvalue weighted by atomic mass is 14.9. The Balaban J connectivity index is 1.88. The summed E-state index contributed by atoms with van der Waals surface area (Å²) in [5.74, 6) is 1.91. The quantitative estimate of drug-likeness (QED) is 0.331. The van der Waals surface area contributed by atoms with E-state index in [1.54, 1.807) is 5.56 Å². The fraction of sp³-hybridized carbons (Fsp3) is 0.357. The molecule has 1 fully saturated rings. The van der Waals surface area contributed by atoms with Crippen LogP contribution in [0.3, 0.4) is 0 Å². The maximum absolute atomic E-state index is 5.14. The van der Waals surface area contributed by atoms with Gasteiger partial charge in [-0.2, -0.15) is 0 Å². The molecule has 0 aliphatic heterocycles. The largest absolute Gasteiger partial charge is 0.232 e. The number of fused-ring (bicyclic) bond motifs is 3. The van der Waals surface area contributed by atoms with Crippen molar-refractivity contribution in [3.63, 3.8) is 0 Å². The van der Waals surface area contributed by atoms with Crippen molar-refractivity contribution in [3.8, 4) is 11.3 Å². The zero-order chi connectivity index (χ0) is 20.8. The van der Waals surface area contributed by atoms with Crippen LogP contribution in [-0.4, -0.2) is 9.97 Å². The van der Waals surface area contributed by atoms with Gasteiger partial charge in [0.2, 0.25) is 0 Å². The van der Waals surface area contributed by atoms with E-state index < -0.39 is 0 Å². The van der Waals surface area contributed by atoms with Crippen LogP contribution in [0.25, 0.3) is 32.9 Å². The van der Waals surface area contributed by atoms with Gasteiger partial charge >= 0.3 is 0 Å². The predicted molar refractivity (Wildman–Crippen MR) is 127 cm³/mol. The summed E-state index contributed by atoms with van der Waals surface area (Å²) in [6.45, 7) is 8.98. The minimum atomic E-state index is 0.284. The van der Waals surface area contributed by atoms with Crippen LogP contribution in [0.15, 0.2) is 48.5 Å². The van der Waals surface area contributed by atoms with E-state index in [9.17, 15) is 0 Å². The Labute approximate surface area is 179 Å². The van der Waals surface area contributed by atoms with Gasteiger partial charge in [-0.25, -0.2) is 9.97 Å². The molecular weight excluding hydrogens is 364 g/mol. The lowest BCUT2D eigenvalue weighted by molar-refractivity contribution is 0.714. The van der Waals surface area contributed by atoms with Crippen molar-refractivity contribution >= 4 is 21.7 Å². The van der Waals surface area contributed by atoms with Gasteiger partial charge in [0.15, 0.2) is 0 Å². The first-order chi connectivity index (χ1) is 14.5. The molecule has 152 valence electrons. The molecule has 2 nitrogen and oxygen atoms in total. The van der Waals surface area contributed by atoms with Crippen molar-refractivity contribution in [2.75, 3.05) is 0 Å². The normalized spacial score (nSPS) is 15.0. The SMILES string of the molecule is Cc1cc2ccc3c(-c4ccccc4)nc(C(C)C)nc3c2c(C)c1C1CCCC1. The van der Waals surface area contributed by atoms with E-state index in [1.807, 2.05) is 0 Å². The van der Waals surface area contributed by atoms with E-state index in [2.05, 4.69) is 76.2 Å². The second kappa shape index (κ2) is 7.50. The fourth-order valence-electron chi connectivity index (χ4n) is 5.40. The van der Waals surface area contributed by atoms with Crippen molar-refractivity contribution in [2.45, 2.75) is 65.2 Å². The molecule has 2 heteroatoms. The molecule has 1 aromatic heterocycles. The van der Waals surface area contributed by atoms with Crippen LogP contribution in [0.1, 0.15) is 73.9 Å². The molecule has 3 aromatic carbocycles. The van der Waals surface area contributed by atoms with Crippen molar-refractivity contribution < 1.29 is 0 Å². The molecule has 0 bridgehead atoms. The summed E-state index contributed by atoms with van der Waals surface area (Å²) in [7, 11) is 0. The maximum atomic E-state index is 5.14. The summed E-state index contributed by atoms with van der Waals surface area (Å²) in [6.07, 6.45) is 5.35. The third kappa shape index (κ3) is 3.10. The second-order valence-corrected chi connectivity index (χ2v) is 9.22. The summed E-state index contributed by atoms with van der Waals surface area (Å²) < 4.78 is 0. The number of nitrogens with zero attached hydrogens (tertiary/aromatic N) is 2. The summed E-state index contributed by atoms with van der Waals surface area (Å²) in [4.78, 5) is 10.1. The topological polar surface area (TPSA) is 25.8 Å². The molecule has 0 unspecified atom stereocenters. The summed E-state index contributed by atoms with van der Waals surface area (Å²) in [5, 5.41) is 3.77. The average Bonchev–Trinajstić information content (AvgIpc) is 3.27. The van der Waals surface area contributed by atoms with Gasteiger partial charge in [-0.3, -0.25) is 0 Å². The Morgan fingerprint density at radius 3 is 2.33 bits per heavy atom. The highest BCUT2D eigenvalue weighted by Gasteiger charge is 2.23. The van der Waals surface area contributed by atoms with Crippen molar-refractivity contribution in [1.82, 2.24) is 9.97 Å². The van der Waals surface area contributed by atoms with Gasteiger partial charge in [-0.05, 0) is 60.7 Å². The minimum absolute atomic E-state index is 0.284. The summed E-state index contributed by atoms with van der Waals surface area (Å²) in [6, 6.07) is 17.4. The van der Waals surface area contributed by atoms with Gasteiger partial charge in [0, 0.05) is 22.3 Å². The van der Waals surface area contributed by atoms with Gasteiger partial charge in [0.1, 0.15) is 5.82 Å². The third-order valence-electron chi connectivity index (χ3n) is 6.82. The number of aromatic nitrogens is 2. The summed E-state index contributed by atoms with van der Waals surface area (Å²) >= 11 is 0. The van der Waals surface area contributed by atoms with Crippen LogP contribution in [-0.2, 0) is 0 Å². The van der Waals surface area contributed by atoms with Crippen molar-refractivity contribution in [2.24, 2.45) is 0 Å². The Morgan fingerprint density at radius 1 is 0.900 bits per heavy atom. The zero-order valence-corrected chi connectivity index (χ0v) is 18.5. The molecule has 0 atom stereocenters. The van der Waals surface area contributed by atoms with E-state index >= 15 is 0 Å². The Morgan fingerprint density at radius 2 is 1.63 bits per heavy atom. The molecule has 1 saturated carbocycles. The standard InChI is InChI=1S/C28H30N2/c1-17(2)28-29-26(21-12-6-5-7-13-21)23-15-14-22-16-18(3)24(20-10-8-9-11-20)19(4)25(22)27(23)30-28/h5-7,12-17,20H,8-11H2,1-4H3. The first-order valence-electron chi connectivity index (χ1n) is 11.3. The number of rotatable bonds is 3. The molecular formula is C28H30N2. The summed E-state index contributed by atoms with van der Waals surface area (Å²) in [5.41, 5.74) is 7.75. The molecule has 5 rings (SSSR count). The van der Waals surface area contributed by atoms with E-state index in [0.717, 1.165) is 28.0 Å². The molecule has 0 radical (unpaired) electrons. The molecule has 1 aliphatic carbocycles. The number of hydrogen-bond donors (Lipinski definition) is 0. The molecule has 0 spiro atoms. The first kappa shape index (κ1) is 19.2. The Kier molecular flexibility index (Phi) is 4.81. The lowest BCUT2D eigenvalue weighted by atomic mass is 9.85. The predicted octanol–water partition coefficient (Wildman–Crippen LogP) is 7.85. The minimum Gasteiger partial charge on any atom is -0.232 e. The fourth-order valence-corrected chi connectivity index (χ4v) is 5.40. The lowest BCUT2D eigenvalue weighted by Gasteiger charge is -2.20. The van der Waals surface area contributed by atoms with Gasteiger partial charge in [-0.15, -0.1) is 0 Å². The third-order valence-corrected chi connectivity index (χ3v) is 6.82. The number of benzene rings is 3. The van der Waals surface area contributed by atoms with E-state index in [1.165, 1.54) is 47.6 Å². The Hall–Kier alpha value is -2.74. The van der Waals surface area contributed by atoms with Crippen LogP contribution in [0.5, 0.6) is 0 Å². The highest BCUT2D eigenvalue weighted by Crippen LogP contribution is 2.42. The molecule has 0 amide bonds. The molecule has 1 aliphatic rings. The van der Waals surface area contributed by atoms with Gasteiger partial charge in [0.25, 0.3) is 0 Å². The van der Waals surface area contributed by atoms with Crippen LogP contribution >= 0.6 is 0 Å². The van der Waals surface area contributed by atoms with Crippen LogP contribution in [0.2, 0.25) is 0 Å². The average molecular weight is 395 g/mol. The molecule has 0 N–H and O–H groups in total.